The predicted octanol–water partition coefficient (Wildman–Crippen LogP) is 5.71. The normalized spacial score (nSPS) is 10.8. The summed E-state index contributed by atoms with van der Waals surface area (Å²) in [6.45, 7) is 5.93. The second kappa shape index (κ2) is 9.42. The van der Waals surface area contributed by atoms with E-state index in [1.54, 1.807) is 31.3 Å². The monoisotopic (exact) mass is 464 g/mol. The average molecular weight is 465 g/mol. The Morgan fingerprint density at radius 3 is 2.55 bits per heavy atom. The highest BCUT2D eigenvalue weighted by atomic mass is 35.5. The van der Waals surface area contributed by atoms with E-state index in [-0.39, 0.29) is 29.0 Å². The van der Waals surface area contributed by atoms with Crippen molar-refractivity contribution < 1.29 is 13.9 Å². The predicted molar refractivity (Wildman–Crippen MR) is 125 cm³/mol. The van der Waals surface area contributed by atoms with Gasteiger partial charge in [-0.3, -0.25) is 4.79 Å². The fourth-order valence-corrected chi connectivity index (χ4v) is 3.64. The molecule has 4 rings (SSSR count). The summed E-state index contributed by atoms with van der Waals surface area (Å²) in [7, 11) is 0. The third kappa shape index (κ3) is 5.04. The third-order valence-corrected chi connectivity index (χ3v) is 5.46. The first kappa shape index (κ1) is 22.5. The maximum absolute atomic E-state index is 13.2. The van der Waals surface area contributed by atoms with Gasteiger partial charge in [-0.25, -0.2) is 14.1 Å². The molecule has 168 valence electrons. The molecular formula is C25H22ClFN4O2. The molecule has 1 amide bonds. The van der Waals surface area contributed by atoms with E-state index in [1.807, 2.05) is 38.1 Å². The Labute approximate surface area is 196 Å². The molecule has 0 bridgehead atoms. The second-order valence-electron chi connectivity index (χ2n) is 7.70. The first-order chi connectivity index (χ1) is 15.8. The third-order valence-electron chi connectivity index (χ3n) is 5.11. The van der Waals surface area contributed by atoms with E-state index in [2.05, 4.69) is 15.4 Å². The smallest absolute Gasteiger partial charge is 0.256 e. The lowest BCUT2D eigenvalue weighted by Gasteiger charge is -2.10. The number of hydrogen-bond acceptors (Lipinski definition) is 4. The van der Waals surface area contributed by atoms with Gasteiger partial charge in [0.05, 0.1) is 16.9 Å². The highest BCUT2D eigenvalue weighted by molar-refractivity contribution is 6.33. The van der Waals surface area contributed by atoms with Gasteiger partial charge in [0.2, 0.25) is 5.88 Å². The number of pyridine rings is 1. The quantitative estimate of drug-likeness (QED) is 0.397. The average Bonchev–Trinajstić information content (AvgIpc) is 3.10. The van der Waals surface area contributed by atoms with Crippen molar-refractivity contribution in [2.24, 2.45) is 0 Å². The number of aromatic nitrogens is 3. The van der Waals surface area contributed by atoms with E-state index in [0.717, 1.165) is 22.4 Å². The molecule has 0 aliphatic heterocycles. The minimum Gasteiger partial charge on any atom is -0.439 e. The number of ether oxygens (including phenoxy) is 1. The molecule has 2 aromatic heterocycles. The summed E-state index contributed by atoms with van der Waals surface area (Å²) in [6, 6.07) is 15.3. The standard InChI is InChI=1S/C25H22ClFN4O2/c1-15-4-5-16(2)21(12-15)33-22-11-6-18(13-28-22)14-29-25(32)23-17(3)30-31(24(23)26)20-9-7-19(27)8-10-20/h4-13H,14H2,1-3H3,(H,29,32). The number of rotatable bonds is 6. The van der Waals surface area contributed by atoms with Crippen molar-refractivity contribution in [1.29, 1.82) is 0 Å². The number of nitrogens with zero attached hydrogens (tertiary/aromatic N) is 3. The Morgan fingerprint density at radius 1 is 1.09 bits per heavy atom. The number of hydrogen-bond donors (Lipinski definition) is 1. The first-order valence-electron chi connectivity index (χ1n) is 10.3. The Bertz CT molecular complexity index is 1300. The van der Waals surface area contributed by atoms with Gasteiger partial charge in [-0.2, -0.15) is 5.10 Å². The van der Waals surface area contributed by atoms with Crippen LogP contribution in [-0.2, 0) is 6.54 Å². The highest BCUT2D eigenvalue weighted by Crippen LogP contribution is 2.25. The molecule has 0 spiro atoms. The molecule has 0 aliphatic carbocycles. The summed E-state index contributed by atoms with van der Waals surface area (Å²) >= 11 is 6.42. The molecule has 33 heavy (non-hydrogen) atoms. The lowest BCUT2D eigenvalue weighted by molar-refractivity contribution is 0.0950. The number of benzene rings is 2. The molecule has 1 N–H and O–H groups in total. The van der Waals surface area contributed by atoms with Gasteiger partial charge in [-0.15, -0.1) is 0 Å². The van der Waals surface area contributed by atoms with Gasteiger partial charge in [-0.05, 0) is 67.8 Å². The van der Waals surface area contributed by atoms with Crippen molar-refractivity contribution in [1.82, 2.24) is 20.1 Å². The van der Waals surface area contributed by atoms with Crippen LogP contribution < -0.4 is 10.1 Å². The van der Waals surface area contributed by atoms with E-state index in [0.29, 0.717) is 17.3 Å². The van der Waals surface area contributed by atoms with Gasteiger partial charge in [0.25, 0.3) is 5.91 Å². The molecule has 4 aromatic rings. The van der Waals surface area contributed by atoms with Crippen molar-refractivity contribution in [2.45, 2.75) is 27.3 Å². The molecule has 0 unspecified atom stereocenters. The Hall–Kier alpha value is -3.71. The molecule has 6 nitrogen and oxygen atoms in total. The molecule has 0 fully saturated rings. The minimum atomic E-state index is -0.365. The van der Waals surface area contributed by atoms with Gasteiger partial charge in [0, 0.05) is 18.8 Å². The molecule has 0 aliphatic rings. The van der Waals surface area contributed by atoms with E-state index >= 15 is 0 Å². The van der Waals surface area contributed by atoms with Gasteiger partial charge < -0.3 is 10.1 Å². The number of carbonyl (C=O) groups is 1. The van der Waals surface area contributed by atoms with Crippen molar-refractivity contribution in [3.8, 4) is 17.3 Å². The molecule has 0 saturated heterocycles. The van der Waals surface area contributed by atoms with E-state index in [9.17, 15) is 9.18 Å². The topological polar surface area (TPSA) is 69.0 Å². The summed E-state index contributed by atoms with van der Waals surface area (Å²) in [5.74, 6) is 0.502. The van der Waals surface area contributed by atoms with Gasteiger partial charge in [-0.1, -0.05) is 29.8 Å². The molecule has 0 saturated carbocycles. The second-order valence-corrected chi connectivity index (χ2v) is 8.06. The zero-order valence-corrected chi connectivity index (χ0v) is 19.2. The summed E-state index contributed by atoms with van der Waals surface area (Å²) in [4.78, 5) is 17.1. The van der Waals surface area contributed by atoms with Crippen LogP contribution in [0.1, 0.15) is 32.7 Å². The first-order valence-corrected chi connectivity index (χ1v) is 10.7. The van der Waals surface area contributed by atoms with Crippen LogP contribution in [0.15, 0.2) is 60.8 Å². The molecule has 2 heterocycles. The van der Waals surface area contributed by atoms with Crippen LogP contribution in [-0.4, -0.2) is 20.7 Å². The van der Waals surface area contributed by atoms with Crippen LogP contribution in [0.4, 0.5) is 4.39 Å². The van der Waals surface area contributed by atoms with Crippen molar-refractivity contribution >= 4 is 17.5 Å². The largest absolute Gasteiger partial charge is 0.439 e. The van der Waals surface area contributed by atoms with E-state index < -0.39 is 0 Å². The number of carbonyl (C=O) groups excluding carboxylic acids is 1. The molecule has 2 aromatic carbocycles. The van der Waals surface area contributed by atoms with Crippen LogP contribution in [0.25, 0.3) is 5.69 Å². The minimum absolute atomic E-state index is 0.159. The van der Waals surface area contributed by atoms with Crippen molar-refractivity contribution in [3.05, 3.63) is 99.7 Å². The van der Waals surface area contributed by atoms with E-state index in [1.165, 1.54) is 16.8 Å². The van der Waals surface area contributed by atoms with Crippen LogP contribution in [0.5, 0.6) is 11.6 Å². The fraction of sp³-hybridized carbons (Fsp3) is 0.160. The Balaban J connectivity index is 1.43. The maximum Gasteiger partial charge on any atom is 0.256 e. The molecule has 8 heteroatoms. The van der Waals surface area contributed by atoms with Gasteiger partial charge >= 0.3 is 0 Å². The summed E-state index contributed by atoms with van der Waals surface area (Å²) in [6.07, 6.45) is 1.65. The highest BCUT2D eigenvalue weighted by Gasteiger charge is 2.21. The zero-order chi connectivity index (χ0) is 23.5. The number of nitrogens with one attached hydrogen (secondary N) is 1. The Kier molecular flexibility index (Phi) is 6.42. The number of halogens is 2. The van der Waals surface area contributed by atoms with E-state index in [4.69, 9.17) is 16.3 Å². The molecule has 0 radical (unpaired) electrons. The molecular weight excluding hydrogens is 443 g/mol. The maximum atomic E-state index is 13.2. The summed E-state index contributed by atoms with van der Waals surface area (Å²) in [5.41, 5.74) is 4.23. The number of aryl methyl sites for hydroxylation is 3. The fourth-order valence-electron chi connectivity index (χ4n) is 3.29. The Morgan fingerprint density at radius 2 is 1.85 bits per heavy atom. The SMILES string of the molecule is Cc1ccc(C)c(Oc2ccc(CNC(=O)c3c(C)nn(-c4ccc(F)cc4)c3Cl)cn2)c1. The molecule has 0 atom stereocenters. The summed E-state index contributed by atoms with van der Waals surface area (Å²) in [5, 5.41) is 7.32. The van der Waals surface area contributed by atoms with Crippen molar-refractivity contribution in [3.63, 3.8) is 0 Å². The van der Waals surface area contributed by atoms with Gasteiger partial charge in [0.1, 0.15) is 16.7 Å². The zero-order valence-electron chi connectivity index (χ0n) is 18.4. The summed E-state index contributed by atoms with van der Waals surface area (Å²) < 4.78 is 20.5. The van der Waals surface area contributed by atoms with Crippen LogP contribution in [0.2, 0.25) is 5.15 Å². The van der Waals surface area contributed by atoms with Crippen LogP contribution in [0.3, 0.4) is 0 Å². The number of amides is 1. The van der Waals surface area contributed by atoms with Crippen LogP contribution >= 0.6 is 11.6 Å². The lowest BCUT2D eigenvalue weighted by Crippen LogP contribution is -2.23. The van der Waals surface area contributed by atoms with Crippen molar-refractivity contribution in [2.75, 3.05) is 0 Å². The van der Waals surface area contributed by atoms with Crippen LogP contribution in [0, 0.1) is 26.6 Å². The lowest BCUT2D eigenvalue weighted by atomic mass is 10.1. The van der Waals surface area contributed by atoms with Gasteiger partial charge in [0.15, 0.2) is 0 Å².